The van der Waals surface area contributed by atoms with Gasteiger partial charge in [0.05, 0.1) is 12.7 Å². The average molecular weight is 411 g/mol. The average Bonchev–Trinajstić information content (AvgIpc) is 3.24. The first-order valence-electron chi connectivity index (χ1n) is 9.53. The lowest BCUT2D eigenvalue weighted by Crippen LogP contribution is -2.03. The molecule has 31 heavy (non-hydrogen) atoms. The number of anilines is 2. The molecule has 0 saturated carbocycles. The third-order valence-corrected chi connectivity index (χ3v) is 5.01. The SMILES string of the molecule is COc1ccc(-c2nnc3c4ccccc4c(Nc4ccc(C(=O)O)cc4)nn23)cc1. The number of carboxylic acids is 1. The summed E-state index contributed by atoms with van der Waals surface area (Å²) in [5.41, 5.74) is 2.45. The summed E-state index contributed by atoms with van der Waals surface area (Å²) in [5, 5.41) is 27.7. The standard InChI is InChI=1S/C23H17N5O3/c1-31-17-12-8-14(9-13-17)21-25-26-22-19-5-3-2-4-18(19)20(27-28(21)22)24-16-10-6-15(7-11-16)23(29)30/h2-13H,1H3,(H,24,27)(H,29,30). The first kappa shape index (κ1) is 18.6. The molecule has 0 aliphatic carbocycles. The van der Waals surface area contributed by atoms with E-state index in [1.165, 1.54) is 0 Å². The van der Waals surface area contributed by atoms with Crippen molar-refractivity contribution in [2.45, 2.75) is 0 Å². The Morgan fingerprint density at radius 1 is 0.935 bits per heavy atom. The Kier molecular flexibility index (Phi) is 4.44. The summed E-state index contributed by atoms with van der Waals surface area (Å²) in [6.07, 6.45) is 0. The Hall–Kier alpha value is -4.46. The third kappa shape index (κ3) is 3.29. The van der Waals surface area contributed by atoms with Gasteiger partial charge in [-0.1, -0.05) is 24.3 Å². The Morgan fingerprint density at radius 3 is 2.32 bits per heavy atom. The molecule has 5 aromatic rings. The van der Waals surface area contributed by atoms with Crippen LogP contribution in [0.25, 0.3) is 27.8 Å². The minimum Gasteiger partial charge on any atom is -0.497 e. The molecule has 0 amide bonds. The van der Waals surface area contributed by atoms with Crippen LogP contribution < -0.4 is 10.1 Å². The molecule has 3 aromatic carbocycles. The van der Waals surface area contributed by atoms with Gasteiger partial charge in [0.1, 0.15) is 5.75 Å². The molecule has 0 saturated heterocycles. The fourth-order valence-electron chi connectivity index (χ4n) is 3.43. The lowest BCUT2D eigenvalue weighted by molar-refractivity contribution is 0.0697. The smallest absolute Gasteiger partial charge is 0.335 e. The summed E-state index contributed by atoms with van der Waals surface area (Å²) in [6, 6.07) is 21.8. The van der Waals surface area contributed by atoms with Gasteiger partial charge in [0, 0.05) is 22.0 Å². The maximum absolute atomic E-state index is 11.1. The first-order valence-corrected chi connectivity index (χ1v) is 9.53. The molecule has 0 aliphatic heterocycles. The fourth-order valence-corrected chi connectivity index (χ4v) is 3.43. The van der Waals surface area contributed by atoms with Crippen molar-refractivity contribution in [2.24, 2.45) is 0 Å². The number of aromatic carboxylic acids is 1. The summed E-state index contributed by atoms with van der Waals surface area (Å²) in [4.78, 5) is 11.1. The number of fused-ring (bicyclic) bond motifs is 3. The lowest BCUT2D eigenvalue weighted by Gasteiger charge is -2.11. The number of aromatic nitrogens is 4. The summed E-state index contributed by atoms with van der Waals surface area (Å²) in [7, 11) is 1.62. The van der Waals surface area contributed by atoms with Crippen LogP contribution >= 0.6 is 0 Å². The summed E-state index contributed by atoms with van der Waals surface area (Å²) in [5.74, 6) is 1.00. The van der Waals surface area contributed by atoms with Gasteiger partial charge in [-0.05, 0) is 48.5 Å². The summed E-state index contributed by atoms with van der Waals surface area (Å²) in [6.45, 7) is 0. The van der Waals surface area contributed by atoms with E-state index in [1.807, 2.05) is 48.5 Å². The highest BCUT2D eigenvalue weighted by atomic mass is 16.5. The highest BCUT2D eigenvalue weighted by molar-refractivity contribution is 6.01. The van der Waals surface area contributed by atoms with Crippen LogP contribution in [0.15, 0.2) is 72.8 Å². The molecule has 5 rings (SSSR count). The van der Waals surface area contributed by atoms with Crippen molar-refractivity contribution in [3.63, 3.8) is 0 Å². The second kappa shape index (κ2) is 7.42. The molecule has 2 aromatic heterocycles. The molecule has 2 N–H and O–H groups in total. The van der Waals surface area contributed by atoms with E-state index in [4.69, 9.17) is 14.9 Å². The van der Waals surface area contributed by atoms with E-state index in [9.17, 15) is 4.79 Å². The molecule has 0 bridgehead atoms. The molecule has 0 spiro atoms. The van der Waals surface area contributed by atoms with Crippen LogP contribution in [0.3, 0.4) is 0 Å². The number of rotatable bonds is 5. The molecule has 8 nitrogen and oxygen atoms in total. The minimum absolute atomic E-state index is 0.222. The molecular weight excluding hydrogens is 394 g/mol. The van der Waals surface area contributed by atoms with Gasteiger partial charge < -0.3 is 15.2 Å². The Balaban J connectivity index is 1.65. The van der Waals surface area contributed by atoms with Crippen LogP contribution in [0.5, 0.6) is 5.75 Å². The fraction of sp³-hybridized carbons (Fsp3) is 0.0435. The molecule has 0 radical (unpaired) electrons. The van der Waals surface area contributed by atoms with Gasteiger partial charge >= 0.3 is 5.97 Å². The van der Waals surface area contributed by atoms with Crippen molar-refractivity contribution in [3.05, 3.63) is 78.4 Å². The number of ether oxygens (including phenoxy) is 1. The predicted octanol–water partition coefficient (Wildman–Crippen LogP) is 4.39. The maximum Gasteiger partial charge on any atom is 0.335 e. The summed E-state index contributed by atoms with van der Waals surface area (Å²) < 4.78 is 6.94. The van der Waals surface area contributed by atoms with Crippen molar-refractivity contribution >= 4 is 33.9 Å². The molecule has 0 aliphatic rings. The molecule has 0 fully saturated rings. The van der Waals surface area contributed by atoms with Crippen molar-refractivity contribution in [1.29, 1.82) is 0 Å². The number of carboxylic acid groups (broad SMARTS) is 1. The number of nitrogens with one attached hydrogen (secondary N) is 1. The number of nitrogens with zero attached hydrogens (tertiary/aromatic N) is 4. The highest BCUT2D eigenvalue weighted by Gasteiger charge is 2.16. The maximum atomic E-state index is 11.1. The monoisotopic (exact) mass is 411 g/mol. The van der Waals surface area contributed by atoms with Crippen LogP contribution in [0.2, 0.25) is 0 Å². The minimum atomic E-state index is -0.967. The van der Waals surface area contributed by atoms with Crippen molar-refractivity contribution in [2.75, 3.05) is 12.4 Å². The number of methoxy groups -OCH3 is 1. The van der Waals surface area contributed by atoms with Crippen LogP contribution in [0.4, 0.5) is 11.5 Å². The number of carbonyl (C=O) groups is 1. The van der Waals surface area contributed by atoms with Gasteiger partial charge in [0.2, 0.25) is 0 Å². The Labute approximate surface area is 176 Å². The van der Waals surface area contributed by atoms with E-state index in [-0.39, 0.29) is 5.56 Å². The molecule has 152 valence electrons. The Bertz CT molecular complexity index is 1410. The zero-order chi connectivity index (χ0) is 21.4. The van der Waals surface area contributed by atoms with E-state index in [0.717, 1.165) is 27.8 Å². The molecule has 2 heterocycles. The van der Waals surface area contributed by atoms with Crippen molar-refractivity contribution in [1.82, 2.24) is 19.8 Å². The van der Waals surface area contributed by atoms with Crippen LogP contribution in [-0.2, 0) is 0 Å². The topological polar surface area (TPSA) is 102 Å². The predicted molar refractivity (Wildman–Crippen MR) is 117 cm³/mol. The van der Waals surface area contributed by atoms with Gasteiger partial charge in [-0.25, -0.2) is 4.79 Å². The van der Waals surface area contributed by atoms with Crippen LogP contribution in [0.1, 0.15) is 10.4 Å². The first-order chi connectivity index (χ1) is 15.1. The Morgan fingerprint density at radius 2 is 1.65 bits per heavy atom. The molecule has 0 atom stereocenters. The normalized spacial score (nSPS) is 11.0. The van der Waals surface area contributed by atoms with E-state index in [0.29, 0.717) is 17.3 Å². The lowest BCUT2D eigenvalue weighted by atomic mass is 10.1. The van der Waals surface area contributed by atoms with Gasteiger partial charge in [0.15, 0.2) is 17.3 Å². The number of benzene rings is 3. The van der Waals surface area contributed by atoms with Crippen molar-refractivity contribution in [3.8, 4) is 17.1 Å². The van der Waals surface area contributed by atoms with E-state index in [1.54, 1.807) is 35.9 Å². The van der Waals surface area contributed by atoms with E-state index < -0.39 is 5.97 Å². The van der Waals surface area contributed by atoms with Crippen molar-refractivity contribution < 1.29 is 14.6 Å². The zero-order valence-corrected chi connectivity index (χ0v) is 16.5. The van der Waals surface area contributed by atoms with E-state index in [2.05, 4.69) is 15.5 Å². The van der Waals surface area contributed by atoms with Gasteiger partial charge in [-0.2, -0.15) is 4.52 Å². The molecular formula is C23H17N5O3. The third-order valence-electron chi connectivity index (χ3n) is 5.01. The second-order valence-corrected chi connectivity index (χ2v) is 6.89. The van der Waals surface area contributed by atoms with Gasteiger partial charge in [-0.15, -0.1) is 15.3 Å². The largest absolute Gasteiger partial charge is 0.497 e. The van der Waals surface area contributed by atoms with Crippen LogP contribution in [-0.4, -0.2) is 38.0 Å². The second-order valence-electron chi connectivity index (χ2n) is 6.89. The number of hydrogen-bond acceptors (Lipinski definition) is 6. The zero-order valence-electron chi connectivity index (χ0n) is 16.5. The number of hydrogen-bond donors (Lipinski definition) is 2. The molecule has 0 unspecified atom stereocenters. The highest BCUT2D eigenvalue weighted by Crippen LogP contribution is 2.29. The summed E-state index contributed by atoms with van der Waals surface area (Å²) >= 11 is 0. The van der Waals surface area contributed by atoms with E-state index >= 15 is 0 Å². The van der Waals surface area contributed by atoms with Gasteiger partial charge in [0.25, 0.3) is 0 Å². The van der Waals surface area contributed by atoms with Crippen LogP contribution in [0, 0.1) is 0 Å². The quantitative estimate of drug-likeness (QED) is 0.442. The molecule has 8 heteroatoms. The van der Waals surface area contributed by atoms with Gasteiger partial charge in [-0.3, -0.25) is 0 Å².